The zero-order chi connectivity index (χ0) is 20.6. The molecule has 2 N–H and O–H groups in total. The summed E-state index contributed by atoms with van der Waals surface area (Å²) in [5, 5.41) is 8.64. The van der Waals surface area contributed by atoms with Crippen molar-refractivity contribution in [2.45, 2.75) is 57.8 Å². The average molecular weight is 426 g/mol. The zero-order valence-electron chi connectivity index (χ0n) is 17.6. The molecule has 4 aliphatic carbocycles. The van der Waals surface area contributed by atoms with Crippen molar-refractivity contribution in [3.8, 4) is 0 Å². The summed E-state index contributed by atoms with van der Waals surface area (Å²) in [5.74, 6) is 2.84. The van der Waals surface area contributed by atoms with Crippen LogP contribution in [0.5, 0.6) is 0 Å². The van der Waals surface area contributed by atoms with Crippen molar-refractivity contribution in [2.75, 3.05) is 18.4 Å². The highest BCUT2D eigenvalue weighted by Crippen LogP contribution is 2.60. The molecule has 0 radical (unpaired) electrons. The maximum Gasteiger partial charge on any atom is 0.226 e. The number of aromatic nitrogens is 1. The molecule has 1 heterocycles. The molecule has 5 heteroatoms. The van der Waals surface area contributed by atoms with Crippen molar-refractivity contribution in [1.82, 2.24) is 10.3 Å². The van der Waals surface area contributed by atoms with E-state index in [9.17, 15) is 4.79 Å². The van der Waals surface area contributed by atoms with E-state index < -0.39 is 0 Å². The van der Waals surface area contributed by atoms with Crippen molar-refractivity contribution in [3.05, 3.63) is 35.5 Å². The van der Waals surface area contributed by atoms with Gasteiger partial charge in [-0.05, 0) is 99.8 Å². The molecule has 0 aliphatic heterocycles. The van der Waals surface area contributed by atoms with Gasteiger partial charge in [0.1, 0.15) is 0 Å². The first-order valence-electron chi connectivity index (χ1n) is 11.7. The lowest BCUT2D eigenvalue weighted by molar-refractivity contribution is -0.146. The van der Waals surface area contributed by atoms with Crippen molar-refractivity contribution in [1.29, 1.82) is 0 Å². The van der Waals surface area contributed by atoms with E-state index in [1.807, 2.05) is 30.5 Å². The number of anilines is 1. The minimum absolute atomic E-state index is 0.0123. The van der Waals surface area contributed by atoms with E-state index in [-0.39, 0.29) is 5.41 Å². The number of nitrogens with one attached hydrogen (secondary N) is 2. The zero-order valence-corrected chi connectivity index (χ0v) is 18.4. The molecular weight excluding hydrogens is 394 g/mol. The van der Waals surface area contributed by atoms with Gasteiger partial charge in [-0.3, -0.25) is 9.78 Å². The lowest BCUT2D eigenvalue weighted by Gasteiger charge is -2.55. The summed E-state index contributed by atoms with van der Waals surface area (Å²) >= 11 is 6.07. The Hall–Kier alpha value is -1.81. The number of carbonyl (C=O) groups is 1. The van der Waals surface area contributed by atoms with Crippen molar-refractivity contribution in [2.24, 2.45) is 23.2 Å². The quantitative estimate of drug-likeness (QED) is 0.525. The number of unbranched alkanes of at least 4 members (excludes halogenated alkanes) is 2. The van der Waals surface area contributed by atoms with Crippen LogP contribution >= 0.6 is 11.6 Å². The second kappa shape index (κ2) is 8.37. The fraction of sp³-hybridized carbons (Fsp3) is 0.600. The van der Waals surface area contributed by atoms with Gasteiger partial charge in [0.2, 0.25) is 5.91 Å². The van der Waals surface area contributed by atoms with Crippen LogP contribution in [-0.4, -0.2) is 24.0 Å². The van der Waals surface area contributed by atoms with Gasteiger partial charge in [0.15, 0.2) is 0 Å². The van der Waals surface area contributed by atoms with Gasteiger partial charge in [-0.2, -0.15) is 0 Å². The molecular formula is C25H32ClN3O. The number of pyridine rings is 1. The molecule has 0 atom stereocenters. The van der Waals surface area contributed by atoms with E-state index in [4.69, 9.17) is 11.6 Å². The van der Waals surface area contributed by atoms with Gasteiger partial charge in [0.25, 0.3) is 0 Å². The third-order valence-electron chi connectivity index (χ3n) is 7.68. The normalized spacial score (nSPS) is 29.3. The molecule has 0 spiro atoms. The summed E-state index contributed by atoms with van der Waals surface area (Å²) in [5.41, 5.74) is 2.01. The topological polar surface area (TPSA) is 54.0 Å². The minimum Gasteiger partial charge on any atom is -0.384 e. The van der Waals surface area contributed by atoms with Crippen LogP contribution in [0.4, 0.5) is 5.69 Å². The second-order valence-electron chi connectivity index (χ2n) is 9.96. The molecule has 6 rings (SSSR count). The third kappa shape index (κ3) is 4.03. The Morgan fingerprint density at radius 1 is 1.00 bits per heavy atom. The van der Waals surface area contributed by atoms with E-state index in [0.717, 1.165) is 86.0 Å². The van der Waals surface area contributed by atoms with Crippen molar-refractivity contribution >= 4 is 34.1 Å². The largest absolute Gasteiger partial charge is 0.384 e. The number of hydrogen-bond acceptors (Lipinski definition) is 3. The van der Waals surface area contributed by atoms with Gasteiger partial charge < -0.3 is 10.6 Å². The highest BCUT2D eigenvalue weighted by molar-refractivity contribution is 6.31. The molecule has 4 fully saturated rings. The first-order valence-corrected chi connectivity index (χ1v) is 12.1. The van der Waals surface area contributed by atoms with E-state index in [1.54, 1.807) is 0 Å². The van der Waals surface area contributed by atoms with Gasteiger partial charge >= 0.3 is 0 Å². The monoisotopic (exact) mass is 425 g/mol. The van der Waals surface area contributed by atoms with Crippen LogP contribution in [0.1, 0.15) is 57.8 Å². The van der Waals surface area contributed by atoms with E-state index >= 15 is 0 Å². The van der Waals surface area contributed by atoms with Gasteiger partial charge in [0, 0.05) is 40.8 Å². The minimum atomic E-state index is -0.0123. The fourth-order valence-electron chi connectivity index (χ4n) is 6.70. The smallest absolute Gasteiger partial charge is 0.226 e. The number of rotatable bonds is 8. The van der Waals surface area contributed by atoms with Gasteiger partial charge in [-0.25, -0.2) is 0 Å². The molecule has 1 aromatic heterocycles. The lowest BCUT2D eigenvalue weighted by atomic mass is 9.49. The number of benzene rings is 1. The Balaban J connectivity index is 1.03. The van der Waals surface area contributed by atoms with Crippen molar-refractivity contribution < 1.29 is 4.79 Å². The predicted octanol–water partition coefficient (Wildman–Crippen LogP) is 5.80. The molecule has 30 heavy (non-hydrogen) atoms. The average Bonchev–Trinajstić information content (AvgIpc) is 2.71. The summed E-state index contributed by atoms with van der Waals surface area (Å²) in [4.78, 5) is 17.4. The highest BCUT2D eigenvalue weighted by Gasteiger charge is 2.54. The summed E-state index contributed by atoms with van der Waals surface area (Å²) < 4.78 is 0. The predicted molar refractivity (Wildman–Crippen MR) is 123 cm³/mol. The Morgan fingerprint density at radius 2 is 1.70 bits per heavy atom. The molecule has 0 unspecified atom stereocenters. The number of amides is 1. The molecule has 4 nitrogen and oxygen atoms in total. The number of carbonyl (C=O) groups excluding carboxylic acids is 1. The number of fused-ring (bicyclic) bond motifs is 1. The van der Waals surface area contributed by atoms with Gasteiger partial charge in [-0.15, -0.1) is 0 Å². The highest BCUT2D eigenvalue weighted by atomic mass is 35.5. The Bertz CT molecular complexity index is 892. The summed E-state index contributed by atoms with van der Waals surface area (Å²) in [6.45, 7) is 1.74. The van der Waals surface area contributed by atoms with Crippen LogP contribution in [0, 0.1) is 23.2 Å². The Morgan fingerprint density at radius 3 is 2.43 bits per heavy atom. The van der Waals surface area contributed by atoms with Crippen molar-refractivity contribution in [3.63, 3.8) is 0 Å². The first kappa shape index (κ1) is 20.1. The molecule has 160 valence electrons. The van der Waals surface area contributed by atoms with Crippen LogP contribution in [0.2, 0.25) is 5.02 Å². The summed E-state index contributed by atoms with van der Waals surface area (Å²) in [6.07, 6.45) is 12.7. The van der Waals surface area contributed by atoms with Crippen LogP contribution < -0.4 is 10.6 Å². The molecule has 1 amide bonds. The SMILES string of the molecule is O=C(NCCCCCNc1ccnc2cc(Cl)ccc12)C12CC3CC(CC(C3)C1)C2. The molecule has 1 aromatic carbocycles. The van der Waals surface area contributed by atoms with Crippen LogP contribution in [0.15, 0.2) is 30.5 Å². The number of nitrogens with zero attached hydrogens (tertiary/aromatic N) is 1. The summed E-state index contributed by atoms with van der Waals surface area (Å²) in [6, 6.07) is 7.84. The van der Waals surface area contributed by atoms with Crippen LogP contribution in [-0.2, 0) is 4.79 Å². The fourth-order valence-corrected chi connectivity index (χ4v) is 6.87. The summed E-state index contributed by atoms with van der Waals surface area (Å²) in [7, 11) is 0. The Labute approximate surface area is 184 Å². The molecule has 4 aliphatic rings. The standard InChI is InChI=1S/C25H32ClN3O/c26-20-4-5-21-22(6-9-28-23(21)13-20)27-7-2-1-3-8-29-24(30)25-14-17-10-18(15-25)12-19(11-17)16-25/h4-6,9,13,17-19H,1-3,7-8,10-12,14-16H2,(H,27,28)(H,29,30). The maximum atomic E-state index is 13.0. The van der Waals surface area contributed by atoms with E-state index in [1.165, 1.54) is 19.3 Å². The molecule has 2 aromatic rings. The lowest BCUT2D eigenvalue weighted by Crippen LogP contribution is -2.53. The van der Waals surface area contributed by atoms with Crippen LogP contribution in [0.3, 0.4) is 0 Å². The number of halogens is 1. The van der Waals surface area contributed by atoms with Gasteiger partial charge in [-0.1, -0.05) is 11.6 Å². The van der Waals surface area contributed by atoms with E-state index in [2.05, 4.69) is 15.6 Å². The molecule has 4 bridgehead atoms. The molecule has 4 saturated carbocycles. The van der Waals surface area contributed by atoms with E-state index in [0.29, 0.717) is 10.9 Å². The Kier molecular flexibility index (Phi) is 5.61. The maximum absolute atomic E-state index is 13.0. The molecule has 0 saturated heterocycles. The second-order valence-corrected chi connectivity index (χ2v) is 10.4. The van der Waals surface area contributed by atoms with Gasteiger partial charge in [0.05, 0.1) is 5.52 Å². The van der Waals surface area contributed by atoms with Crippen LogP contribution in [0.25, 0.3) is 10.9 Å². The number of hydrogen-bond donors (Lipinski definition) is 2. The first-order chi connectivity index (χ1) is 14.6. The third-order valence-corrected chi connectivity index (χ3v) is 7.91.